The molecule has 7 heteroatoms. The molecule has 0 unspecified atom stereocenters. The topological polar surface area (TPSA) is 94.5 Å². The van der Waals surface area contributed by atoms with Crippen LogP contribution in [0.5, 0.6) is 0 Å². The summed E-state index contributed by atoms with van der Waals surface area (Å²) in [7, 11) is -3.99. The summed E-state index contributed by atoms with van der Waals surface area (Å²) in [4.78, 5) is 9.25. The third-order valence-corrected chi connectivity index (χ3v) is 1.91. The summed E-state index contributed by atoms with van der Waals surface area (Å²) in [5.41, 5.74) is 0. The van der Waals surface area contributed by atoms with Gasteiger partial charge in [-0.05, 0) is 13.8 Å². The van der Waals surface area contributed by atoms with E-state index in [1.165, 1.54) is 13.8 Å². The summed E-state index contributed by atoms with van der Waals surface area (Å²) >= 11 is 0. The summed E-state index contributed by atoms with van der Waals surface area (Å²) in [6.45, 7) is 5.66. The zero-order valence-corrected chi connectivity index (χ0v) is 10.7. The van der Waals surface area contributed by atoms with E-state index in [0.29, 0.717) is 0 Å². The Hall–Kier alpha value is 0.120. The first-order valence-corrected chi connectivity index (χ1v) is 4.49. The van der Waals surface area contributed by atoms with Gasteiger partial charge >= 0.3 is 35.5 Å². The molecule has 72 valence electrons. The Morgan fingerprint density at radius 3 is 1.69 bits per heavy atom. The average Bonchev–Trinajstić information content (AvgIpc) is 1.87. The Morgan fingerprint density at radius 1 is 1.54 bits per heavy atom. The van der Waals surface area contributed by atoms with Gasteiger partial charge in [0.2, 0.25) is 0 Å². The Kier molecular flexibility index (Phi) is 12.6. The molecule has 0 amide bonds. The van der Waals surface area contributed by atoms with Gasteiger partial charge in [-0.1, -0.05) is 6.58 Å². The molecular weight excluding hydrogens is 207 g/mol. The molecule has 0 saturated carbocycles. The van der Waals surface area contributed by atoms with Crippen LogP contribution >= 0.6 is 0 Å². The summed E-state index contributed by atoms with van der Waals surface area (Å²) in [6, 6.07) is 0. The van der Waals surface area contributed by atoms with E-state index in [2.05, 4.69) is 6.58 Å². The molecule has 0 aromatic rings. The smallest absolute Gasteiger partial charge is 0.748 e. The Bertz CT molecular complexity index is 244. The molecule has 0 rings (SSSR count). The molecule has 0 aliphatic rings. The van der Waals surface area contributed by atoms with Gasteiger partial charge in [0, 0.05) is 11.3 Å². The normalized spacial score (nSPS) is 9.23. The van der Waals surface area contributed by atoms with Crippen molar-refractivity contribution in [1.29, 1.82) is 0 Å². The van der Waals surface area contributed by atoms with Gasteiger partial charge in [0.25, 0.3) is 0 Å². The van der Waals surface area contributed by atoms with Crippen molar-refractivity contribution in [3.63, 3.8) is 0 Å². The second kappa shape index (κ2) is 8.71. The van der Waals surface area contributed by atoms with Crippen molar-refractivity contribution in [2.75, 3.05) is 0 Å². The first-order valence-electron chi connectivity index (χ1n) is 3.02. The number of rotatable bonds is 2. The minimum atomic E-state index is -3.99. The Balaban J connectivity index is -0.000000150. The van der Waals surface area contributed by atoms with Gasteiger partial charge in [-0.25, -0.2) is 13.2 Å². The standard InChI is InChI=1S/C3H8O3S.C3H4O2.Na/c1-3(2)7(4,5)6;1-2-3(4)5;/h3H,1-2H3,(H,4,5,6);2H,1H2,(H,4,5);/q;;+1/p-1. The maximum absolute atomic E-state index is 9.78. The predicted octanol–water partition coefficient (Wildman–Crippen LogP) is -2.80. The van der Waals surface area contributed by atoms with Gasteiger partial charge in [-0.2, -0.15) is 0 Å². The molecule has 0 fully saturated rings. The van der Waals surface area contributed by atoms with E-state index in [-0.39, 0.29) is 29.6 Å². The predicted molar refractivity (Wildman–Crippen MR) is 42.7 cm³/mol. The number of aliphatic carboxylic acids is 1. The molecule has 0 spiro atoms. The van der Waals surface area contributed by atoms with E-state index in [0.717, 1.165) is 6.08 Å². The monoisotopic (exact) mass is 218 g/mol. The maximum atomic E-state index is 9.78. The van der Waals surface area contributed by atoms with Crippen LogP contribution in [0.25, 0.3) is 0 Å². The van der Waals surface area contributed by atoms with E-state index in [1.807, 2.05) is 0 Å². The third kappa shape index (κ3) is 18.8. The molecule has 0 aliphatic carbocycles. The number of hydrogen-bond acceptors (Lipinski definition) is 4. The molecule has 13 heavy (non-hydrogen) atoms. The van der Waals surface area contributed by atoms with Gasteiger partial charge in [-0.3, -0.25) is 0 Å². The molecule has 1 N–H and O–H groups in total. The van der Waals surface area contributed by atoms with Gasteiger partial charge in [0.15, 0.2) is 0 Å². The fourth-order valence-corrected chi connectivity index (χ4v) is 0. The molecule has 0 aromatic heterocycles. The first kappa shape index (κ1) is 18.8. The molecule has 5 nitrogen and oxygen atoms in total. The SMILES string of the molecule is C=CC(=O)O.CC(C)S(=O)(=O)[O-].[Na+]. The fourth-order valence-electron chi connectivity index (χ4n) is 0. The summed E-state index contributed by atoms with van der Waals surface area (Å²) in [5, 5.41) is 6.82. The zero-order chi connectivity index (χ0) is 10.4. The largest absolute Gasteiger partial charge is 1.00 e. The van der Waals surface area contributed by atoms with E-state index >= 15 is 0 Å². The van der Waals surface area contributed by atoms with Crippen molar-refractivity contribution in [2.24, 2.45) is 0 Å². The molecule has 0 saturated heterocycles. The summed E-state index contributed by atoms with van der Waals surface area (Å²) in [6.07, 6.45) is 0.833. The molecule has 0 aromatic carbocycles. The summed E-state index contributed by atoms with van der Waals surface area (Å²) in [5.74, 6) is -0.981. The van der Waals surface area contributed by atoms with Crippen LogP contribution in [-0.4, -0.2) is 29.3 Å². The van der Waals surface area contributed by atoms with Crippen LogP contribution in [-0.2, 0) is 14.9 Å². The third-order valence-electron chi connectivity index (χ3n) is 0.752. The number of carboxylic acid groups (broad SMARTS) is 1. The second-order valence-corrected chi connectivity index (χ2v) is 4.01. The first-order chi connectivity index (χ1) is 5.21. The molecule has 0 aliphatic heterocycles. The van der Waals surface area contributed by atoms with E-state index in [9.17, 15) is 17.8 Å². The van der Waals surface area contributed by atoms with Crippen LogP contribution in [0.3, 0.4) is 0 Å². The fraction of sp³-hybridized carbons (Fsp3) is 0.500. The van der Waals surface area contributed by atoms with Gasteiger partial charge in [-0.15, -0.1) is 0 Å². The minimum Gasteiger partial charge on any atom is -0.748 e. The van der Waals surface area contributed by atoms with Crippen LogP contribution in [0.2, 0.25) is 0 Å². The van der Waals surface area contributed by atoms with E-state index < -0.39 is 21.3 Å². The number of carbonyl (C=O) groups is 1. The van der Waals surface area contributed by atoms with Crippen LogP contribution < -0.4 is 29.6 Å². The molecule has 0 heterocycles. The number of carboxylic acids is 1. The number of hydrogen-bond donors (Lipinski definition) is 1. The van der Waals surface area contributed by atoms with Crippen LogP contribution in [0.1, 0.15) is 13.8 Å². The molecule has 0 bridgehead atoms. The molecular formula is C6H11NaO5S. The van der Waals surface area contributed by atoms with Crippen LogP contribution in [0.15, 0.2) is 12.7 Å². The van der Waals surface area contributed by atoms with E-state index in [4.69, 9.17) is 5.11 Å². The van der Waals surface area contributed by atoms with Crippen molar-refractivity contribution in [3.8, 4) is 0 Å². The molecule has 0 radical (unpaired) electrons. The van der Waals surface area contributed by atoms with Gasteiger partial charge in [0.1, 0.15) is 0 Å². The van der Waals surface area contributed by atoms with Crippen molar-refractivity contribution < 1.29 is 52.4 Å². The minimum absolute atomic E-state index is 0. The van der Waals surface area contributed by atoms with Crippen molar-refractivity contribution in [1.82, 2.24) is 0 Å². The second-order valence-electron chi connectivity index (χ2n) is 2.08. The quantitative estimate of drug-likeness (QED) is 0.307. The van der Waals surface area contributed by atoms with Crippen molar-refractivity contribution in [2.45, 2.75) is 19.1 Å². The van der Waals surface area contributed by atoms with Gasteiger partial charge < -0.3 is 9.66 Å². The van der Waals surface area contributed by atoms with Crippen molar-refractivity contribution in [3.05, 3.63) is 12.7 Å². The molecule has 0 atom stereocenters. The van der Waals surface area contributed by atoms with Crippen LogP contribution in [0, 0.1) is 0 Å². The van der Waals surface area contributed by atoms with Crippen LogP contribution in [0.4, 0.5) is 0 Å². The van der Waals surface area contributed by atoms with Gasteiger partial charge in [0.05, 0.1) is 10.1 Å². The Labute approximate surface area is 99.9 Å². The van der Waals surface area contributed by atoms with Crippen molar-refractivity contribution >= 4 is 16.1 Å². The van der Waals surface area contributed by atoms with E-state index in [1.54, 1.807) is 0 Å². The maximum Gasteiger partial charge on any atom is 1.00 e. The summed E-state index contributed by atoms with van der Waals surface area (Å²) < 4.78 is 29.3. The Morgan fingerprint density at radius 2 is 1.69 bits per heavy atom. The zero-order valence-electron chi connectivity index (χ0n) is 7.85. The average molecular weight is 218 g/mol.